The first-order valence-electron chi connectivity index (χ1n) is 8.32. The van der Waals surface area contributed by atoms with Gasteiger partial charge in [-0.05, 0) is 44.0 Å². The third-order valence-corrected chi connectivity index (χ3v) is 5.02. The van der Waals surface area contributed by atoms with Crippen LogP contribution in [-0.2, 0) is 7.05 Å². The number of rotatable bonds is 4. The zero-order valence-electron chi connectivity index (χ0n) is 14.3. The van der Waals surface area contributed by atoms with E-state index in [4.69, 9.17) is 16.3 Å². The molecule has 3 rings (SSSR count). The fourth-order valence-corrected chi connectivity index (χ4v) is 3.24. The number of amides is 1. The van der Waals surface area contributed by atoms with Crippen LogP contribution in [0, 0.1) is 18.7 Å². The van der Waals surface area contributed by atoms with E-state index in [1.807, 2.05) is 6.92 Å². The number of aryl methyl sites for hydroxylation is 1. The standard InChI is InChI=1S/C18H21ClFN3O2/c1-12-16(19)17(21-22(12)2)18(24)23-9-3-4-13(10-23)11-25-15-7-5-14(20)6-8-15/h5-8,13H,3-4,9-11H2,1-2H3/t13-/m1/s1. The number of hydrogen-bond acceptors (Lipinski definition) is 3. The average Bonchev–Trinajstić information content (AvgIpc) is 2.88. The zero-order valence-corrected chi connectivity index (χ0v) is 15.1. The van der Waals surface area contributed by atoms with Gasteiger partial charge in [-0.3, -0.25) is 9.48 Å². The highest BCUT2D eigenvalue weighted by Crippen LogP contribution is 2.24. The first kappa shape index (κ1) is 17.7. The van der Waals surface area contributed by atoms with Crippen molar-refractivity contribution in [1.82, 2.24) is 14.7 Å². The summed E-state index contributed by atoms with van der Waals surface area (Å²) < 4.78 is 20.3. The maximum Gasteiger partial charge on any atom is 0.275 e. The van der Waals surface area contributed by atoms with Crippen LogP contribution in [-0.4, -0.2) is 40.3 Å². The Kier molecular flexibility index (Phi) is 5.27. The van der Waals surface area contributed by atoms with Crippen molar-refractivity contribution in [3.05, 3.63) is 46.5 Å². The van der Waals surface area contributed by atoms with E-state index in [1.165, 1.54) is 12.1 Å². The number of aromatic nitrogens is 2. The van der Waals surface area contributed by atoms with Crippen molar-refractivity contribution < 1.29 is 13.9 Å². The predicted octanol–water partition coefficient (Wildman–Crippen LogP) is 3.45. The summed E-state index contributed by atoms with van der Waals surface area (Å²) in [6.45, 7) is 3.62. The second-order valence-electron chi connectivity index (χ2n) is 6.40. The summed E-state index contributed by atoms with van der Waals surface area (Å²) in [4.78, 5) is 14.5. The molecular weight excluding hydrogens is 345 g/mol. The molecular formula is C18H21ClFN3O2. The third kappa shape index (κ3) is 3.95. The molecule has 1 aliphatic rings. The molecule has 1 fully saturated rings. The van der Waals surface area contributed by atoms with Gasteiger partial charge in [0.2, 0.25) is 0 Å². The fraction of sp³-hybridized carbons (Fsp3) is 0.444. The van der Waals surface area contributed by atoms with Crippen molar-refractivity contribution in [3.63, 3.8) is 0 Å². The van der Waals surface area contributed by atoms with Crippen molar-refractivity contribution in [1.29, 1.82) is 0 Å². The summed E-state index contributed by atoms with van der Waals surface area (Å²) in [5.41, 5.74) is 1.08. The molecule has 0 aliphatic carbocycles. The molecule has 0 saturated carbocycles. The summed E-state index contributed by atoms with van der Waals surface area (Å²) in [5, 5.41) is 4.65. The van der Waals surface area contributed by atoms with Crippen molar-refractivity contribution in [2.75, 3.05) is 19.7 Å². The van der Waals surface area contributed by atoms with Crippen LogP contribution in [0.1, 0.15) is 29.0 Å². The summed E-state index contributed by atoms with van der Waals surface area (Å²) in [5.74, 6) is 0.434. The highest BCUT2D eigenvalue weighted by atomic mass is 35.5. The van der Waals surface area contributed by atoms with Gasteiger partial charge in [0.1, 0.15) is 11.6 Å². The smallest absolute Gasteiger partial charge is 0.275 e. The number of halogens is 2. The third-order valence-electron chi connectivity index (χ3n) is 4.57. The lowest BCUT2D eigenvalue weighted by Gasteiger charge is -2.32. The highest BCUT2D eigenvalue weighted by Gasteiger charge is 2.28. The van der Waals surface area contributed by atoms with Gasteiger partial charge in [0.05, 0.1) is 17.3 Å². The maximum atomic E-state index is 12.9. The molecule has 5 nitrogen and oxygen atoms in total. The number of carbonyl (C=O) groups excluding carboxylic acids is 1. The van der Waals surface area contributed by atoms with E-state index in [9.17, 15) is 9.18 Å². The Bertz CT molecular complexity index is 760. The molecule has 0 spiro atoms. The van der Waals surface area contributed by atoms with Gasteiger partial charge in [0, 0.05) is 26.1 Å². The summed E-state index contributed by atoms with van der Waals surface area (Å²) >= 11 is 6.23. The lowest BCUT2D eigenvalue weighted by Crippen LogP contribution is -2.41. The van der Waals surface area contributed by atoms with Crippen LogP contribution in [0.25, 0.3) is 0 Å². The first-order chi connectivity index (χ1) is 12.0. The Morgan fingerprint density at radius 1 is 1.40 bits per heavy atom. The number of benzene rings is 1. The molecule has 0 bridgehead atoms. The lowest BCUT2D eigenvalue weighted by atomic mass is 9.98. The Hall–Kier alpha value is -2.08. The largest absolute Gasteiger partial charge is 0.493 e. The number of piperidine rings is 1. The van der Waals surface area contributed by atoms with Crippen molar-refractivity contribution in [3.8, 4) is 5.75 Å². The van der Waals surface area contributed by atoms with E-state index in [0.29, 0.717) is 36.2 Å². The molecule has 1 atom stereocenters. The van der Waals surface area contributed by atoms with Gasteiger partial charge in [-0.1, -0.05) is 11.6 Å². The average molecular weight is 366 g/mol. The van der Waals surface area contributed by atoms with Gasteiger partial charge in [-0.25, -0.2) is 4.39 Å². The maximum absolute atomic E-state index is 12.9. The predicted molar refractivity (Wildman–Crippen MR) is 93.5 cm³/mol. The Morgan fingerprint density at radius 3 is 2.76 bits per heavy atom. The van der Waals surface area contributed by atoms with Crippen LogP contribution < -0.4 is 4.74 Å². The molecule has 7 heteroatoms. The molecule has 2 aromatic rings. The van der Waals surface area contributed by atoms with E-state index in [0.717, 1.165) is 18.5 Å². The Labute approximate surface area is 151 Å². The molecule has 0 radical (unpaired) electrons. The molecule has 0 unspecified atom stereocenters. The molecule has 1 aromatic heterocycles. The number of hydrogen-bond donors (Lipinski definition) is 0. The fourth-order valence-electron chi connectivity index (χ4n) is 3.00. The summed E-state index contributed by atoms with van der Waals surface area (Å²) in [7, 11) is 1.77. The second kappa shape index (κ2) is 7.44. The topological polar surface area (TPSA) is 47.4 Å². The normalized spacial score (nSPS) is 17.6. The molecule has 2 heterocycles. The van der Waals surface area contributed by atoms with E-state index < -0.39 is 0 Å². The first-order valence-corrected chi connectivity index (χ1v) is 8.70. The van der Waals surface area contributed by atoms with E-state index in [1.54, 1.807) is 28.8 Å². The number of likely N-dealkylation sites (tertiary alicyclic amines) is 1. The molecule has 1 aliphatic heterocycles. The van der Waals surface area contributed by atoms with Crippen molar-refractivity contribution in [2.24, 2.45) is 13.0 Å². The Morgan fingerprint density at radius 2 is 2.12 bits per heavy atom. The van der Waals surface area contributed by atoms with Gasteiger partial charge < -0.3 is 9.64 Å². The van der Waals surface area contributed by atoms with E-state index >= 15 is 0 Å². The number of nitrogens with zero attached hydrogens (tertiary/aromatic N) is 3. The molecule has 0 N–H and O–H groups in total. The lowest BCUT2D eigenvalue weighted by molar-refractivity contribution is 0.0627. The van der Waals surface area contributed by atoms with Gasteiger partial charge in [0.25, 0.3) is 5.91 Å². The van der Waals surface area contributed by atoms with Crippen LogP contribution >= 0.6 is 11.6 Å². The minimum absolute atomic E-state index is 0.139. The van der Waals surface area contributed by atoms with Crippen LogP contribution in [0.2, 0.25) is 5.02 Å². The van der Waals surface area contributed by atoms with Crippen LogP contribution in [0.3, 0.4) is 0 Å². The second-order valence-corrected chi connectivity index (χ2v) is 6.77. The molecule has 25 heavy (non-hydrogen) atoms. The van der Waals surface area contributed by atoms with E-state index in [2.05, 4.69) is 5.10 Å². The number of carbonyl (C=O) groups is 1. The zero-order chi connectivity index (χ0) is 18.0. The van der Waals surface area contributed by atoms with Crippen molar-refractivity contribution >= 4 is 17.5 Å². The van der Waals surface area contributed by atoms with Crippen LogP contribution in [0.5, 0.6) is 5.75 Å². The Balaban J connectivity index is 1.61. The van der Waals surface area contributed by atoms with Gasteiger partial charge >= 0.3 is 0 Å². The van der Waals surface area contributed by atoms with Gasteiger partial charge in [0.15, 0.2) is 5.69 Å². The SMILES string of the molecule is Cc1c(Cl)c(C(=O)N2CCC[C@@H](COc3ccc(F)cc3)C2)nn1C. The molecule has 134 valence electrons. The summed E-state index contributed by atoms with van der Waals surface area (Å²) in [6.07, 6.45) is 1.90. The monoisotopic (exact) mass is 365 g/mol. The van der Waals surface area contributed by atoms with E-state index in [-0.39, 0.29) is 17.6 Å². The van der Waals surface area contributed by atoms with Crippen LogP contribution in [0.4, 0.5) is 4.39 Å². The van der Waals surface area contributed by atoms with Gasteiger partial charge in [-0.15, -0.1) is 0 Å². The van der Waals surface area contributed by atoms with Gasteiger partial charge in [-0.2, -0.15) is 5.10 Å². The minimum atomic E-state index is -0.288. The molecule has 1 amide bonds. The minimum Gasteiger partial charge on any atom is -0.493 e. The quantitative estimate of drug-likeness (QED) is 0.833. The van der Waals surface area contributed by atoms with Crippen LogP contribution in [0.15, 0.2) is 24.3 Å². The molecule has 1 saturated heterocycles. The number of ether oxygens (including phenoxy) is 1. The van der Waals surface area contributed by atoms with Crippen molar-refractivity contribution in [2.45, 2.75) is 19.8 Å². The molecule has 1 aromatic carbocycles. The highest BCUT2D eigenvalue weighted by molar-refractivity contribution is 6.34. The summed E-state index contributed by atoms with van der Waals surface area (Å²) in [6, 6.07) is 5.96.